The summed E-state index contributed by atoms with van der Waals surface area (Å²) in [5.41, 5.74) is 0. The van der Waals surface area contributed by atoms with E-state index in [1.54, 1.807) is 33.1 Å². The molecule has 1 rings (SSSR count). The summed E-state index contributed by atoms with van der Waals surface area (Å²) in [6.45, 7) is 4.47. The van der Waals surface area contributed by atoms with E-state index in [9.17, 15) is 4.79 Å². The number of hydrogen-bond acceptors (Lipinski definition) is 6. The normalized spacial score (nSPS) is 25.6. The van der Waals surface area contributed by atoms with Crippen molar-refractivity contribution in [3.63, 3.8) is 0 Å². The Balaban J connectivity index is 2.33. The molecule has 2 unspecified atom stereocenters. The molecule has 7 heteroatoms. The molecule has 2 atom stereocenters. The maximum absolute atomic E-state index is 11.9. The van der Waals surface area contributed by atoms with Gasteiger partial charge in [0, 0.05) is 32.6 Å². The van der Waals surface area contributed by atoms with E-state index >= 15 is 0 Å². The first kappa shape index (κ1) is 18.0. The van der Waals surface area contributed by atoms with Crippen molar-refractivity contribution in [2.45, 2.75) is 49.2 Å². The van der Waals surface area contributed by atoms with E-state index in [2.05, 4.69) is 0 Å². The fraction of sp³-hybridized carbons (Fsp3) is 0.923. The van der Waals surface area contributed by atoms with Gasteiger partial charge in [0.15, 0.2) is 0 Å². The van der Waals surface area contributed by atoms with Crippen molar-refractivity contribution in [2.24, 2.45) is 0 Å². The molecule has 0 aromatic rings. The maximum atomic E-state index is 11.9. The summed E-state index contributed by atoms with van der Waals surface area (Å²) in [7, 11) is 2.39. The van der Waals surface area contributed by atoms with Crippen LogP contribution >= 0.6 is 11.8 Å². The zero-order valence-corrected chi connectivity index (χ0v) is 14.9. The molecule has 20 heavy (non-hydrogen) atoms. The topological polar surface area (TPSA) is 54.0 Å². The quantitative estimate of drug-likeness (QED) is 0.350. The second-order valence-corrected chi connectivity index (χ2v) is 9.78. The highest BCUT2D eigenvalue weighted by Gasteiger charge is 2.58. The standard InChI is InChI=1S/C13H26O5SSi/c1-6-9-18-12(14)13(2)11(19-13)8-7-10-20(15-3,16-4)17-5/h11H,6-10H2,1-5H3. The van der Waals surface area contributed by atoms with Crippen molar-refractivity contribution in [1.29, 1.82) is 0 Å². The first-order valence-corrected chi connectivity index (χ1v) is 9.79. The minimum absolute atomic E-state index is 0.0805. The SMILES string of the molecule is CCCOC(=O)C1(C)SC1CCC[Si](OC)(OC)OC. The molecule has 118 valence electrons. The minimum Gasteiger partial charge on any atom is -0.465 e. The van der Waals surface area contributed by atoms with Crippen LogP contribution in [0.25, 0.3) is 0 Å². The van der Waals surface area contributed by atoms with Crippen molar-refractivity contribution in [3.05, 3.63) is 0 Å². The molecular weight excluding hydrogens is 296 g/mol. The number of rotatable bonds is 10. The van der Waals surface area contributed by atoms with Crippen LogP contribution in [-0.4, -0.2) is 52.7 Å². The zero-order valence-electron chi connectivity index (χ0n) is 13.1. The smallest absolute Gasteiger partial charge is 0.465 e. The Bertz CT molecular complexity index is 316. The maximum Gasteiger partial charge on any atom is 0.500 e. The monoisotopic (exact) mass is 322 g/mol. The van der Waals surface area contributed by atoms with Gasteiger partial charge in [-0.3, -0.25) is 4.79 Å². The fourth-order valence-electron chi connectivity index (χ4n) is 2.17. The van der Waals surface area contributed by atoms with Crippen molar-refractivity contribution < 1.29 is 22.8 Å². The van der Waals surface area contributed by atoms with Crippen LogP contribution in [0.1, 0.15) is 33.1 Å². The highest BCUT2D eigenvalue weighted by molar-refractivity contribution is 8.09. The van der Waals surface area contributed by atoms with Gasteiger partial charge in [-0.15, -0.1) is 11.8 Å². The molecular formula is C13H26O5SSi. The molecule has 1 aliphatic rings. The van der Waals surface area contributed by atoms with Gasteiger partial charge in [-0.05, 0) is 26.2 Å². The lowest BCUT2D eigenvalue weighted by molar-refractivity contribution is -0.145. The van der Waals surface area contributed by atoms with Crippen molar-refractivity contribution in [3.8, 4) is 0 Å². The van der Waals surface area contributed by atoms with Gasteiger partial charge in [-0.1, -0.05) is 6.92 Å². The molecule has 0 aliphatic carbocycles. The summed E-state index contributed by atoms with van der Waals surface area (Å²) < 4.78 is 21.0. The lowest BCUT2D eigenvalue weighted by atomic mass is 10.1. The van der Waals surface area contributed by atoms with Gasteiger partial charge in [0.1, 0.15) is 4.75 Å². The van der Waals surface area contributed by atoms with E-state index in [-0.39, 0.29) is 10.7 Å². The molecule has 1 heterocycles. The van der Waals surface area contributed by atoms with E-state index < -0.39 is 8.80 Å². The molecule has 0 aromatic carbocycles. The lowest BCUT2D eigenvalue weighted by Crippen LogP contribution is -2.42. The van der Waals surface area contributed by atoms with Gasteiger partial charge >= 0.3 is 14.8 Å². The average molecular weight is 322 g/mol. The molecule has 0 aromatic heterocycles. The summed E-state index contributed by atoms with van der Waals surface area (Å²) in [4.78, 5) is 11.9. The van der Waals surface area contributed by atoms with Gasteiger partial charge in [-0.25, -0.2) is 0 Å². The van der Waals surface area contributed by atoms with Crippen LogP contribution in [0, 0.1) is 0 Å². The number of esters is 1. The number of hydrogen-bond donors (Lipinski definition) is 0. The highest BCUT2D eigenvalue weighted by atomic mass is 32.2. The van der Waals surface area contributed by atoms with E-state index in [1.165, 1.54) is 0 Å². The van der Waals surface area contributed by atoms with Gasteiger partial charge in [0.2, 0.25) is 0 Å². The van der Waals surface area contributed by atoms with Crippen LogP contribution in [0.3, 0.4) is 0 Å². The number of ether oxygens (including phenoxy) is 1. The van der Waals surface area contributed by atoms with Gasteiger partial charge in [0.05, 0.1) is 6.61 Å². The van der Waals surface area contributed by atoms with Gasteiger partial charge < -0.3 is 18.0 Å². The average Bonchev–Trinajstić information content (AvgIpc) is 3.13. The number of carbonyl (C=O) groups excluding carboxylic acids is 1. The van der Waals surface area contributed by atoms with E-state index in [1.807, 2.05) is 13.8 Å². The molecule has 0 spiro atoms. The minimum atomic E-state index is -2.48. The summed E-state index contributed by atoms with van der Waals surface area (Å²) in [5.74, 6) is -0.0805. The summed E-state index contributed by atoms with van der Waals surface area (Å²) >= 11 is 1.69. The molecule has 0 bridgehead atoms. The summed E-state index contributed by atoms with van der Waals surface area (Å²) in [5, 5.41) is 0.337. The van der Waals surface area contributed by atoms with Crippen LogP contribution in [0.2, 0.25) is 6.04 Å². The van der Waals surface area contributed by atoms with E-state index in [4.69, 9.17) is 18.0 Å². The lowest BCUT2D eigenvalue weighted by Gasteiger charge is -2.24. The summed E-state index contributed by atoms with van der Waals surface area (Å²) in [6.07, 6.45) is 2.74. The highest BCUT2D eigenvalue weighted by Crippen LogP contribution is 2.56. The third kappa shape index (κ3) is 4.21. The Kier molecular flexibility index (Phi) is 7.00. The largest absolute Gasteiger partial charge is 0.500 e. The van der Waals surface area contributed by atoms with Crippen LogP contribution < -0.4 is 0 Å². The van der Waals surface area contributed by atoms with Gasteiger partial charge in [0.25, 0.3) is 0 Å². The third-order valence-electron chi connectivity index (χ3n) is 3.67. The Morgan fingerprint density at radius 1 is 1.25 bits per heavy atom. The Labute approximate surface area is 127 Å². The first-order chi connectivity index (χ1) is 9.48. The van der Waals surface area contributed by atoms with Crippen LogP contribution in [0.15, 0.2) is 0 Å². The fourth-order valence-corrected chi connectivity index (χ4v) is 5.10. The molecule has 1 saturated heterocycles. The van der Waals surface area contributed by atoms with E-state index in [0.29, 0.717) is 11.9 Å². The zero-order chi connectivity index (χ0) is 15.2. The van der Waals surface area contributed by atoms with Crippen LogP contribution in [-0.2, 0) is 22.8 Å². The molecule has 0 saturated carbocycles. The predicted octanol–water partition coefficient (Wildman–Crippen LogP) is 2.47. The Morgan fingerprint density at radius 3 is 2.35 bits per heavy atom. The first-order valence-electron chi connectivity index (χ1n) is 6.98. The Morgan fingerprint density at radius 2 is 1.85 bits per heavy atom. The molecule has 1 aliphatic heterocycles. The summed E-state index contributed by atoms with van der Waals surface area (Å²) in [6, 6.07) is 0.771. The molecule has 0 N–H and O–H groups in total. The van der Waals surface area contributed by atoms with Gasteiger partial charge in [-0.2, -0.15) is 0 Å². The Hall–Kier alpha value is -0.0831. The van der Waals surface area contributed by atoms with E-state index in [0.717, 1.165) is 25.3 Å². The third-order valence-corrected chi connectivity index (χ3v) is 8.18. The predicted molar refractivity (Wildman–Crippen MR) is 81.9 cm³/mol. The molecule has 0 radical (unpaired) electrons. The van der Waals surface area contributed by atoms with Crippen molar-refractivity contribution in [2.75, 3.05) is 27.9 Å². The van der Waals surface area contributed by atoms with Crippen molar-refractivity contribution in [1.82, 2.24) is 0 Å². The van der Waals surface area contributed by atoms with Crippen LogP contribution in [0.5, 0.6) is 0 Å². The van der Waals surface area contributed by atoms with Crippen molar-refractivity contribution >= 4 is 26.5 Å². The molecule has 0 amide bonds. The second-order valence-electron chi connectivity index (χ2n) is 5.04. The molecule has 1 fully saturated rings. The number of thioether (sulfide) groups is 1. The molecule has 5 nitrogen and oxygen atoms in total. The van der Waals surface area contributed by atoms with Crippen LogP contribution in [0.4, 0.5) is 0 Å². The number of carbonyl (C=O) groups is 1. The second kappa shape index (κ2) is 7.79.